The molecule has 0 aromatic carbocycles. The number of β-lactam (4-membered cyclic amide) rings is 1. The third kappa shape index (κ3) is 3.87. The lowest BCUT2D eigenvalue weighted by molar-refractivity contribution is -0.150. The summed E-state index contributed by atoms with van der Waals surface area (Å²) in [6.07, 6.45) is 2.11. The van der Waals surface area contributed by atoms with Gasteiger partial charge in [0.15, 0.2) is 10.8 Å². The van der Waals surface area contributed by atoms with Crippen molar-refractivity contribution in [1.29, 1.82) is 0 Å². The number of aromatic nitrogens is 1. The molecule has 3 aliphatic rings. The minimum Gasteiger partial charge on any atom is -0.477 e. The molecule has 2 fully saturated rings. The lowest BCUT2D eigenvalue weighted by Crippen LogP contribution is -2.71. The van der Waals surface area contributed by atoms with Gasteiger partial charge in [0.2, 0.25) is 0 Å². The number of oxime groups is 1. The topological polar surface area (TPSA) is 167 Å². The Kier molecular flexibility index (Phi) is 5.66. The van der Waals surface area contributed by atoms with Gasteiger partial charge in [0.05, 0.1) is 6.61 Å². The third-order valence-corrected chi connectivity index (χ3v) is 6.88. The Morgan fingerprint density at radius 2 is 2.20 bits per heavy atom. The fourth-order valence-corrected chi connectivity index (χ4v) is 4.99. The molecule has 1 aromatic heterocycles. The first-order valence-electron chi connectivity index (χ1n) is 9.13. The zero-order chi connectivity index (χ0) is 21.4. The van der Waals surface area contributed by atoms with E-state index in [9.17, 15) is 24.6 Å². The lowest BCUT2D eigenvalue weighted by atomic mass is 10.0. The zero-order valence-corrected chi connectivity index (χ0v) is 17.2. The van der Waals surface area contributed by atoms with E-state index >= 15 is 0 Å². The number of carboxylic acid groups (broad SMARTS) is 1. The Labute approximate surface area is 179 Å². The van der Waals surface area contributed by atoms with Crippen LogP contribution >= 0.6 is 23.1 Å². The lowest BCUT2D eigenvalue weighted by Gasteiger charge is -2.49. The van der Waals surface area contributed by atoms with Gasteiger partial charge in [-0.15, -0.1) is 23.1 Å². The summed E-state index contributed by atoms with van der Waals surface area (Å²) in [5, 5.41) is 26.6. The van der Waals surface area contributed by atoms with Crippen molar-refractivity contribution in [3.63, 3.8) is 0 Å². The van der Waals surface area contributed by atoms with Crippen molar-refractivity contribution < 1.29 is 29.4 Å². The first-order chi connectivity index (χ1) is 14.4. The van der Waals surface area contributed by atoms with Gasteiger partial charge in [0.1, 0.15) is 29.4 Å². The molecule has 5 N–H and O–H groups in total. The Balaban J connectivity index is 1.50. The summed E-state index contributed by atoms with van der Waals surface area (Å²) >= 11 is 2.41. The van der Waals surface area contributed by atoms with E-state index in [-0.39, 0.29) is 33.6 Å². The number of carbonyl (C=O) groups is 3. The van der Waals surface area contributed by atoms with Crippen LogP contribution in [0, 0.1) is 5.92 Å². The molecule has 3 heterocycles. The molecule has 1 saturated carbocycles. The molecule has 1 saturated heterocycles. The van der Waals surface area contributed by atoms with Crippen LogP contribution in [0.4, 0.5) is 5.13 Å². The van der Waals surface area contributed by atoms with Gasteiger partial charge in [-0.3, -0.25) is 14.5 Å². The number of aliphatic hydroxyl groups is 1. The number of anilines is 1. The molecule has 30 heavy (non-hydrogen) atoms. The van der Waals surface area contributed by atoms with Crippen molar-refractivity contribution in [2.45, 2.75) is 24.3 Å². The van der Waals surface area contributed by atoms with E-state index in [1.165, 1.54) is 11.8 Å². The Hall–Kier alpha value is -2.64. The quantitative estimate of drug-likeness (QED) is 0.232. The number of thioether (sulfide) groups is 1. The molecular weight excluding hydrogens is 434 g/mol. The van der Waals surface area contributed by atoms with Gasteiger partial charge in [0.25, 0.3) is 11.8 Å². The van der Waals surface area contributed by atoms with Gasteiger partial charge in [0, 0.05) is 11.1 Å². The summed E-state index contributed by atoms with van der Waals surface area (Å²) in [7, 11) is 0. The summed E-state index contributed by atoms with van der Waals surface area (Å²) in [5.74, 6) is -1.85. The van der Waals surface area contributed by atoms with Crippen LogP contribution in [0.15, 0.2) is 21.8 Å². The molecule has 2 amide bonds. The standard InChI is InChI=1S/C17H19N5O6S2/c18-17-19-9(6-30-17)10(21-28-4-7-1-2-7)13(24)20-11-14(25)22-12(16(26)27)8(3-23)5-29-15(11)22/h6-7,11,15,23H,1-5H2,(H2,18,19)(H,20,24)(H,26,27)/b21-10-/t11-,15-/m1/s1. The van der Waals surface area contributed by atoms with Crippen molar-refractivity contribution in [2.75, 3.05) is 24.7 Å². The molecule has 0 spiro atoms. The second-order valence-electron chi connectivity index (χ2n) is 7.03. The van der Waals surface area contributed by atoms with Crippen LogP contribution in [0.1, 0.15) is 18.5 Å². The van der Waals surface area contributed by atoms with Crippen molar-refractivity contribution in [2.24, 2.45) is 11.1 Å². The van der Waals surface area contributed by atoms with E-state index in [0.717, 1.165) is 29.1 Å². The van der Waals surface area contributed by atoms with E-state index in [0.29, 0.717) is 12.5 Å². The number of amides is 2. The Bertz CT molecular complexity index is 956. The summed E-state index contributed by atoms with van der Waals surface area (Å²) in [6, 6.07) is -0.929. The average molecular weight is 454 g/mol. The van der Waals surface area contributed by atoms with Crippen LogP contribution in [0.3, 0.4) is 0 Å². The SMILES string of the molecule is Nc1nc(/C(=N/OCC2CC2)C(=O)N[C@@H]2C(=O)N3C(C(=O)O)=C(CO)CS[C@H]23)cs1. The number of carboxylic acids is 1. The molecule has 11 nitrogen and oxygen atoms in total. The van der Waals surface area contributed by atoms with Gasteiger partial charge in [-0.25, -0.2) is 9.78 Å². The molecule has 13 heteroatoms. The van der Waals surface area contributed by atoms with Crippen molar-refractivity contribution in [3.8, 4) is 0 Å². The number of fused-ring (bicyclic) bond motifs is 1. The molecule has 2 aliphatic heterocycles. The van der Waals surface area contributed by atoms with Crippen molar-refractivity contribution >= 4 is 51.7 Å². The maximum absolute atomic E-state index is 12.9. The van der Waals surface area contributed by atoms with Crippen LogP contribution in [0.25, 0.3) is 0 Å². The number of nitrogens with one attached hydrogen (secondary N) is 1. The predicted molar refractivity (Wildman–Crippen MR) is 109 cm³/mol. The number of carbonyl (C=O) groups excluding carboxylic acids is 2. The number of thiazole rings is 1. The summed E-state index contributed by atoms with van der Waals surface area (Å²) in [4.78, 5) is 47.4. The van der Waals surface area contributed by atoms with E-state index < -0.39 is 35.8 Å². The molecular formula is C17H19N5O6S2. The second-order valence-corrected chi connectivity index (χ2v) is 9.02. The normalized spacial score (nSPS) is 23.7. The summed E-state index contributed by atoms with van der Waals surface area (Å²) in [5.41, 5.74) is 5.82. The number of nitrogens with zero attached hydrogens (tertiary/aromatic N) is 3. The largest absolute Gasteiger partial charge is 0.477 e. The molecule has 0 unspecified atom stereocenters. The molecule has 4 rings (SSSR count). The fourth-order valence-electron chi connectivity index (χ4n) is 3.11. The van der Waals surface area contributed by atoms with Crippen molar-refractivity contribution in [1.82, 2.24) is 15.2 Å². The van der Waals surface area contributed by atoms with Crippen LogP contribution in [0.5, 0.6) is 0 Å². The van der Waals surface area contributed by atoms with Crippen LogP contribution in [-0.4, -0.2) is 74.0 Å². The zero-order valence-electron chi connectivity index (χ0n) is 15.6. The summed E-state index contributed by atoms with van der Waals surface area (Å²) < 4.78 is 0. The van der Waals surface area contributed by atoms with Gasteiger partial charge in [-0.2, -0.15) is 0 Å². The maximum Gasteiger partial charge on any atom is 0.352 e. The highest BCUT2D eigenvalue weighted by atomic mass is 32.2. The van der Waals surface area contributed by atoms with Gasteiger partial charge in [-0.1, -0.05) is 5.16 Å². The minimum atomic E-state index is -1.30. The Morgan fingerprint density at radius 1 is 1.43 bits per heavy atom. The van der Waals surface area contributed by atoms with Crippen LogP contribution < -0.4 is 11.1 Å². The number of aliphatic carboxylic acids is 1. The first kappa shape index (κ1) is 20.6. The van der Waals surface area contributed by atoms with E-state index in [4.69, 9.17) is 10.6 Å². The van der Waals surface area contributed by atoms with E-state index in [2.05, 4.69) is 15.5 Å². The number of nitrogen functional groups attached to an aromatic ring is 1. The highest BCUT2D eigenvalue weighted by Crippen LogP contribution is 2.40. The number of rotatable bonds is 8. The first-order valence-corrected chi connectivity index (χ1v) is 11.1. The van der Waals surface area contributed by atoms with Crippen molar-refractivity contribution in [3.05, 3.63) is 22.3 Å². The fraction of sp³-hybridized carbons (Fsp3) is 0.471. The highest BCUT2D eigenvalue weighted by molar-refractivity contribution is 8.00. The van der Waals surface area contributed by atoms with Gasteiger partial charge in [-0.05, 0) is 24.3 Å². The predicted octanol–water partition coefficient (Wildman–Crippen LogP) is -0.413. The molecule has 160 valence electrons. The summed E-state index contributed by atoms with van der Waals surface area (Å²) in [6.45, 7) is -0.0652. The van der Waals surface area contributed by atoms with Gasteiger partial charge >= 0.3 is 5.97 Å². The monoisotopic (exact) mass is 453 g/mol. The van der Waals surface area contributed by atoms with Crippen LogP contribution in [-0.2, 0) is 19.2 Å². The minimum absolute atomic E-state index is 0.0966. The van der Waals surface area contributed by atoms with E-state index in [1.54, 1.807) is 5.38 Å². The maximum atomic E-state index is 12.9. The second kappa shape index (κ2) is 8.24. The third-order valence-electron chi connectivity index (χ3n) is 4.87. The molecule has 2 atom stereocenters. The van der Waals surface area contributed by atoms with Gasteiger partial charge < -0.3 is 26.1 Å². The number of hydrogen-bond donors (Lipinski definition) is 4. The number of hydrogen-bond acceptors (Lipinski definition) is 10. The Morgan fingerprint density at radius 3 is 2.80 bits per heavy atom. The highest BCUT2D eigenvalue weighted by Gasteiger charge is 2.54. The molecule has 1 aromatic rings. The number of aliphatic hydroxyl groups excluding tert-OH is 1. The average Bonchev–Trinajstić information content (AvgIpc) is 3.46. The smallest absolute Gasteiger partial charge is 0.352 e. The van der Waals surface area contributed by atoms with Crippen LogP contribution in [0.2, 0.25) is 0 Å². The van der Waals surface area contributed by atoms with E-state index in [1.807, 2.05) is 0 Å². The molecule has 0 bridgehead atoms. The molecule has 0 radical (unpaired) electrons. The number of nitrogens with two attached hydrogens (primary N) is 1. The molecule has 1 aliphatic carbocycles.